The number of aromatic nitrogens is 3. The molecule has 36 heavy (non-hydrogen) atoms. The normalized spacial score (nSPS) is 11.9. The number of rotatable bonds is 3. The van der Waals surface area contributed by atoms with Crippen LogP contribution in [0.2, 0.25) is 0 Å². The van der Waals surface area contributed by atoms with E-state index >= 15 is 0 Å². The van der Waals surface area contributed by atoms with Gasteiger partial charge in [-0.05, 0) is 53.2 Å². The van der Waals surface area contributed by atoms with Crippen LogP contribution in [0.5, 0.6) is 0 Å². The van der Waals surface area contributed by atoms with E-state index < -0.39 is 0 Å². The van der Waals surface area contributed by atoms with E-state index in [9.17, 15) is 0 Å². The van der Waals surface area contributed by atoms with E-state index in [2.05, 4.69) is 131 Å². The molecule has 0 N–H and O–H groups in total. The molecule has 0 unspecified atom stereocenters. The van der Waals surface area contributed by atoms with Crippen molar-refractivity contribution in [3.8, 4) is 22.8 Å². The molecule has 3 nitrogen and oxygen atoms in total. The van der Waals surface area contributed by atoms with Gasteiger partial charge in [-0.2, -0.15) is 0 Å². The summed E-state index contributed by atoms with van der Waals surface area (Å²) in [5.74, 6) is 0.932. The average molecular weight is 460 g/mol. The van der Waals surface area contributed by atoms with Crippen LogP contribution in [0.1, 0.15) is 0 Å². The van der Waals surface area contributed by atoms with Crippen LogP contribution >= 0.6 is 0 Å². The van der Waals surface area contributed by atoms with Gasteiger partial charge in [0, 0.05) is 33.6 Å². The second kappa shape index (κ2) is 7.30. The van der Waals surface area contributed by atoms with Gasteiger partial charge in [0.05, 0.1) is 22.2 Å². The minimum atomic E-state index is 0.932. The summed E-state index contributed by atoms with van der Waals surface area (Å²) in [6.07, 6.45) is 2.18. The average Bonchev–Trinajstić information content (AvgIpc) is 3.53. The van der Waals surface area contributed by atoms with Gasteiger partial charge in [-0.1, -0.05) is 78.9 Å². The lowest BCUT2D eigenvalue weighted by atomic mass is 10.0. The first-order valence-electron chi connectivity index (χ1n) is 12.2. The van der Waals surface area contributed by atoms with Gasteiger partial charge in [0.25, 0.3) is 0 Å². The fourth-order valence-electron chi connectivity index (χ4n) is 5.73. The first-order chi connectivity index (χ1) is 17.9. The van der Waals surface area contributed by atoms with Crippen LogP contribution < -0.4 is 0 Å². The van der Waals surface area contributed by atoms with E-state index in [1.165, 1.54) is 43.5 Å². The molecule has 8 aromatic rings. The summed E-state index contributed by atoms with van der Waals surface area (Å²) in [4.78, 5) is 5.17. The van der Waals surface area contributed by atoms with Gasteiger partial charge in [0.15, 0.2) is 0 Å². The number of benzene rings is 5. The Morgan fingerprint density at radius 3 is 2.19 bits per heavy atom. The lowest BCUT2D eigenvalue weighted by molar-refractivity contribution is 1.09. The Bertz CT molecular complexity index is 2030. The van der Waals surface area contributed by atoms with E-state index in [0.717, 1.165) is 22.8 Å². The molecule has 0 aliphatic heterocycles. The maximum absolute atomic E-state index is 5.17. The van der Waals surface area contributed by atoms with Crippen LogP contribution in [-0.4, -0.2) is 14.1 Å². The molecule has 0 amide bonds. The minimum Gasteiger partial charge on any atom is -0.316 e. The van der Waals surface area contributed by atoms with E-state index in [-0.39, 0.29) is 0 Å². The Morgan fingerprint density at radius 1 is 0.556 bits per heavy atom. The highest BCUT2D eigenvalue weighted by molar-refractivity contribution is 6.29. The van der Waals surface area contributed by atoms with Gasteiger partial charge in [-0.3, -0.25) is 4.57 Å². The summed E-state index contributed by atoms with van der Waals surface area (Å²) in [6.45, 7) is 0. The summed E-state index contributed by atoms with van der Waals surface area (Å²) < 4.78 is 4.64. The number of hydrogen-bond donors (Lipinski definition) is 0. The Morgan fingerprint density at radius 2 is 1.33 bits per heavy atom. The molecule has 168 valence electrons. The van der Waals surface area contributed by atoms with Crippen molar-refractivity contribution >= 4 is 43.5 Å². The number of para-hydroxylation sites is 1. The highest BCUT2D eigenvalue weighted by Gasteiger charge is 2.21. The lowest BCUT2D eigenvalue weighted by Gasteiger charge is -2.11. The molecule has 0 radical (unpaired) electrons. The van der Waals surface area contributed by atoms with Crippen LogP contribution in [0.15, 0.2) is 128 Å². The molecule has 0 saturated carbocycles. The van der Waals surface area contributed by atoms with Crippen molar-refractivity contribution in [2.75, 3.05) is 0 Å². The molecule has 3 aromatic heterocycles. The first kappa shape index (κ1) is 19.4. The smallest absolute Gasteiger partial charge is 0.138 e. The molecule has 0 spiro atoms. The SMILES string of the molecule is c1ccc(-c2cccc(-n3c4cccc5ccc6cc7c(ccn7-c7ccccc7)c3c6c54)n2)cc1. The van der Waals surface area contributed by atoms with Gasteiger partial charge in [0.1, 0.15) is 5.82 Å². The van der Waals surface area contributed by atoms with Crippen LogP contribution in [0.3, 0.4) is 0 Å². The lowest BCUT2D eigenvalue weighted by Crippen LogP contribution is -1.99. The maximum atomic E-state index is 5.17. The van der Waals surface area contributed by atoms with Gasteiger partial charge in [0.2, 0.25) is 0 Å². The molecule has 0 aliphatic carbocycles. The van der Waals surface area contributed by atoms with Crippen LogP contribution in [0.4, 0.5) is 0 Å². The third-order valence-corrected chi connectivity index (χ3v) is 7.30. The van der Waals surface area contributed by atoms with Gasteiger partial charge >= 0.3 is 0 Å². The van der Waals surface area contributed by atoms with Gasteiger partial charge < -0.3 is 4.57 Å². The predicted octanol–water partition coefficient (Wildman–Crippen LogP) is 8.38. The summed E-state index contributed by atoms with van der Waals surface area (Å²) in [5, 5.41) is 6.32. The maximum Gasteiger partial charge on any atom is 0.138 e. The zero-order chi connectivity index (χ0) is 23.6. The number of hydrogen-bond acceptors (Lipinski definition) is 1. The van der Waals surface area contributed by atoms with Gasteiger partial charge in [-0.15, -0.1) is 0 Å². The topological polar surface area (TPSA) is 22.8 Å². The zero-order valence-electron chi connectivity index (χ0n) is 19.5. The predicted molar refractivity (Wildman–Crippen MR) is 150 cm³/mol. The fourth-order valence-corrected chi connectivity index (χ4v) is 5.73. The Balaban J connectivity index is 1.52. The first-order valence-corrected chi connectivity index (χ1v) is 12.2. The Hall–Kier alpha value is -4.89. The second-order valence-electron chi connectivity index (χ2n) is 9.30. The largest absolute Gasteiger partial charge is 0.316 e. The van der Waals surface area contributed by atoms with Gasteiger partial charge in [-0.25, -0.2) is 4.98 Å². The summed E-state index contributed by atoms with van der Waals surface area (Å²) in [5.41, 5.74) is 6.84. The molecule has 0 fully saturated rings. The minimum absolute atomic E-state index is 0.932. The van der Waals surface area contributed by atoms with Crippen molar-refractivity contribution in [1.82, 2.24) is 14.1 Å². The molecular formula is C33H21N3. The monoisotopic (exact) mass is 459 g/mol. The van der Waals surface area contributed by atoms with Crippen molar-refractivity contribution in [1.29, 1.82) is 0 Å². The van der Waals surface area contributed by atoms with Crippen molar-refractivity contribution < 1.29 is 0 Å². The Kier molecular flexibility index (Phi) is 3.94. The van der Waals surface area contributed by atoms with Crippen molar-refractivity contribution in [3.05, 3.63) is 128 Å². The molecule has 3 heteroatoms. The number of fused-ring (bicyclic) bond motifs is 2. The fraction of sp³-hybridized carbons (Fsp3) is 0. The third-order valence-electron chi connectivity index (χ3n) is 7.30. The number of pyridine rings is 1. The molecule has 0 bridgehead atoms. The molecule has 5 aromatic carbocycles. The summed E-state index contributed by atoms with van der Waals surface area (Å²) >= 11 is 0. The molecule has 0 aliphatic rings. The molecule has 0 atom stereocenters. The molecule has 0 saturated heterocycles. The summed E-state index contributed by atoms with van der Waals surface area (Å²) in [6, 6.07) is 42.9. The van der Waals surface area contributed by atoms with Crippen molar-refractivity contribution in [2.24, 2.45) is 0 Å². The molecule has 8 rings (SSSR count). The van der Waals surface area contributed by atoms with E-state index in [4.69, 9.17) is 4.98 Å². The third kappa shape index (κ3) is 2.65. The standard InChI is InChI=1S/C33H21N3/c1-3-9-22(10-4-1)27-14-8-16-30(34-27)36-28-15-7-11-23-17-18-24-21-29-26(33(36)32(24)31(23)28)19-20-35(29)25-12-5-2-6-13-25/h1-21H. The van der Waals surface area contributed by atoms with Crippen molar-refractivity contribution in [2.45, 2.75) is 0 Å². The molecular weight excluding hydrogens is 438 g/mol. The van der Waals surface area contributed by atoms with Crippen LogP contribution in [0.25, 0.3) is 66.2 Å². The van der Waals surface area contributed by atoms with Crippen LogP contribution in [0, 0.1) is 0 Å². The quantitative estimate of drug-likeness (QED) is 0.243. The highest BCUT2D eigenvalue weighted by Crippen LogP contribution is 2.42. The van der Waals surface area contributed by atoms with E-state index in [0.29, 0.717) is 0 Å². The van der Waals surface area contributed by atoms with Crippen molar-refractivity contribution in [3.63, 3.8) is 0 Å². The number of nitrogens with zero attached hydrogens (tertiary/aromatic N) is 3. The van der Waals surface area contributed by atoms with E-state index in [1.807, 2.05) is 6.07 Å². The Labute approximate surface area is 207 Å². The molecule has 3 heterocycles. The second-order valence-corrected chi connectivity index (χ2v) is 9.30. The van der Waals surface area contributed by atoms with Crippen LogP contribution in [-0.2, 0) is 0 Å². The summed E-state index contributed by atoms with van der Waals surface area (Å²) in [7, 11) is 0. The van der Waals surface area contributed by atoms with E-state index in [1.54, 1.807) is 0 Å². The highest BCUT2D eigenvalue weighted by atomic mass is 15.1. The zero-order valence-corrected chi connectivity index (χ0v) is 19.5.